The largest absolute Gasteiger partial charge is 0.467 e. The number of aryl methyl sites for hydroxylation is 1. The molecule has 0 N–H and O–H groups in total. The molecular formula is C25H21N3O2. The van der Waals surface area contributed by atoms with Gasteiger partial charge in [0.2, 0.25) is 0 Å². The number of rotatable bonds is 4. The van der Waals surface area contributed by atoms with E-state index in [0.29, 0.717) is 13.0 Å². The standard InChI is InChI=1S/C25H21N3O2/c1-27-16-19(22-11-5-6-12-23(22)27)14-18-15-24(26-20-8-3-2-4-9-20)28(25(18)29)17-21-10-7-13-30-21/h2-14,16H,15,17H2,1H3. The number of nitrogens with zero attached hydrogens (tertiary/aromatic N) is 3. The van der Waals surface area contributed by atoms with E-state index < -0.39 is 0 Å². The minimum Gasteiger partial charge on any atom is -0.467 e. The maximum atomic E-state index is 13.3. The minimum atomic E-state index is -0.0333. The van der Waals surface area contributed by atoms with Gasteiger partial charge < -0.3 is 8.98 Å². The van der Waals surface area contributed by atoms with Crippen LogP contribution < -0.4 is 0 Å². The van der Waals surface area contributed by atoms with Gasteiger partial charge in [0.15, 0.2) is 0 Å². The van der Waals surface area contributed by atoms with Gasteiger partial charge in [-0.25, -0.2) is 4.99 Å². The van der Waals surface area contributed by atoms with Crippen LogP contribution in [0.3, 0.4) is 0 Å². The van der Waals surface area contributed by atoms with E-state index in [-0.39, 0.29) is 5.91 Å². The smallest absolute Gasteiger partial charge is 0.256 e. The van der Waals surface area contributed by atoms with Gasteiger partial charge in [-0.3, -0.25) is 9.69 Å². The van der Waals surface area contributed by atoms with Crippen LogP contribution in [-0.4, -0.2) is 21.2 Å². The van der Waals surface area contributed by atoms with Crippen LogP contribution in [0, 0.1) is 0 Å². The van der Waals surface area contributed by atoms with E-state index in [0.717, 1.165) is 39.3 Å². The summed E-state index contributed by atoms with van der Waals surface area (Å²) in [6, 6.07) is 21.6. The fourth-order valence-electron chi connectivity index (χ4n) is 3.89. The van der Waals surface area contributed by atoms with Gasteiger partial charge in [0, 0.05) is 41.7 Å². The lowest BCUT2D eigenvalue weighted by Crippen LogP contribution is -2.28. The van der Waals surface area contributed by atoms with E-state index in [9.17, 15) is 4.79 Å². The average molecular weight is 395 g/mol. The lowest BCUT2D eigenvalue weighted by molar-refractivity contribution is -0.122. The SMILES string of the molecule is Cn1cc(C=C2CC(=Nc3ccccc3)N(Cc3ccco3)C2=O)c2ccccc21. The molecule has 0 bridgehead atoms. The third-order valence-electron chi connectivity index (χ3n) is 5.35. The summed E-state index contributed by atoms with van der Waals surface area (Å²) in [5.41, 5.74) is 3.74. The minimum absolute atomic E-state index is 0.0333. The Balaban J connectivity index is 1.55. The monoisotopic (exact) mass is 395 g/mol. The fraction of sp³-hybridized carbons (Fsp3) is 0.120. The highest BCUT2D eigenvalue weighted by Gasteiger charge is 2.33. The molecule has 3 heterocycles. The van der Waals surface area contributed by atoms with Crippen molar-refractivity contribution in [2.45, 2.75) is 13.0 Å². The predicted molar refractivity (Wildman–Crippen MR) is 118 cm³/mol. The van der Waals surface area contributed by atoms with Crippen molar-refractivity contribution in [3.63, 3.8) is 0 Å². The molecule has 0 saturated carbocycles. The molecule has 2 aromatic heterocycles. The second-order valence-corrected chi connectivity index (χ2v) is 7.39. The zero-order chi connectivity index (χ0) is 20.5. The Hall–Kier alpha value is -3.86. The summed E-state index contributed by atoms with van der Waals surface area (Å²) in [5.74, 6) is 1.43. The van der Waals surface area contributed by atoms with Crippen LogP contribution in [0.5, 0.6) is 0 Å². The molecule has 1 aliphatic heterocycles. The number of carbonyl (C=O) groups excluding carboxylic acids is 1. The van der Waals surface area contributed by atoms with Crippen molar-refractivity contribution >= 4 is 34.4 Å². The predicted octanol–water partition coefficient (Wildman–Crippen LogP) is 5.32. The van der Waals surface area contributed by atoms with Gasteiger partial charge in [-0.1, -0.05) is 36.4 Å². The van der Waals surface area contributed by atoms with E-state index in [4.69, 9.17) is 9.41 Å². The Bertz CT molecular complexity index is 1260. The van der Waals surface area contributed by atoms with Gasteiger partial charge in [-0.2, -0.15) is 0 Å². The quantitative estimate of drug-likeness (QED) is 0.439. The van der Waals surface area contributed by atoms with Gasteiger partial charge >= 0.3 is 0 Å². The molecule has 30 heavy (non-hydrogen) atoms. The van der Waals surface area contributed by atoms with Crippen molar-refractivity contribution in [3.8, 4) is 0 Å². The molecule has 4 aromatic rings. The first-order valence-electron chi connectivity index (χ1n) is 9.90. The van der Waals surface area contributed by atoms with Crippen LogP contribution >= 0.6 is 0 Å². The number of aromatic nitrogens is 1. The molecule has 1 saturated heterocycles. The Labute approximate surface area is 174 Å². The summed E-state index contributed by atoms with van der Waals surface area (Å²) in [4.78, 5) is 19.8. The molecule has 5 heteroatoms. The van der Waals surface area contributed by atoms with E-state index in [1.807, 2.05) is 67.7 Å². The van der Waals surface area contributed by atoms with Crippen molar-refractivity contribution in [1.82, 2.24) is 9.47 Å². The Morgan fingerprint density at radius 1 is 1.03 bits per heavy atom. The number of amides is 1. The van der Waals surface area contributed by atoms with Gasteiger partial charge in [0.25, 0.3) is 5.91 Å². The molecule has 0 radical (unpaired) electrons. The molecule has 0 aliphatic carbocycles. The summed E-state index contributed by atoms with van der Waals surface area (Å²) >= 11 is 0. The van der Waals surface area contributed by atoms with E-state index in [1.54, 1.807) is 11.2 Å². The number of para-hydroxylation sites is 2. The first-order valence-corrected chi connectivity index (χ1v) is 9.90. The van der Waals surface area contributed by atoms with Gasteiger partial charge in [-0.15, -0.1) is 0 Å². The summed E-state index contributed by atoms with van der Waals surface area (Å²) in [6.45, 7) is 0.365. The Kier molecular flexibility index (Phi) is 4.56. The van der Waals surface area contributed by atoms with Crippen LogP contribution in [0.4, 0.5) is 5.69 Å². The Morgan fingerprint density at radius 3 is 2.63 bits per heavy atom. The highest BCUT2D eigenvalue weighted by atomic mass is 16.3. The number of aliphatic imine (C=N–C) groups is 1. The van der Waals surface area contributed by atoms with Crippen LogP contribution in [0.2, 0.25) is 0 Å². The summed E-state index contributed by atoms with van der Waals surface area (Å²) in [7, 11) is 2.02. The highest BCUT2D eigenvalue weighted by Crippen LogP contribution is 2.29. The number of hydrogen-bond acceptors (Lipinski definition) is 3. The number of furan rings is 1. The number of amidine groups is 1. The van der Waals surface area contributed by atoms with Crippen molar-refractivity contribution in [1.29, 1.82) is 0 Å². The molecule has 2 aromatic carbocycles. The lowest BCUT2D eigenvalue weighted by atomic mass is 10.1. The molecule has 5 nitrogen and oxygen atoms in total. The van der Waals surface area contributed by atoms with E-state index in [2.05, 4.69) is 22.9 Å². The molecule has 0 spiro atoms. The third kappa shape index (κ3) is 3.35. The van der Waals surface area contributed by atoms with Gasteiger partial charge in [0.05, 0.1) is 18.5 Å². The summed E-state index contributed by atoms with van der Waals surface area (Å²) < 4.78 is 7.57. The molecule has 1 amide bonds. The maximum Gasteiger partial charge on any atom is 0.256 e. The van der Waals surface area contributed by atoms with Crippen LogP contribution in [0.25, 0.3) is 17.0 Å². The third-order valence-corrected chi connectivity index (χ3v) is 5.35. The zero-order valence-electron chi connectivity index (χ0n) is 16.7. The molecule has 0 unspecified atom stereocenters. The van der Waals surface area contributed by atoms with Crippen molar-refractivity contribution in [2.75, 3.05) is 0 Å². The zero-order valence-corrected chi connectivity index (χ0v) is 16.7. The molecule has 148 valence electrons. The van der Waals surface area contributed by atoms with Crippen molar-refractivity contribution in [3.05, 3.63) is 96.1 Å². The highest BCUT2D eigenvalue weighted by molar-refractivity contribution is 6.18. The van der Waals surface area contributed by atoms with E-state index >= 15 is 0 Å². The summed E-state index contributed by atoms with van der Waals surface area (Å²) in [5, 5.41) is 1.13. The number of likely N-dealkylation sites (tertiary alicyclic amines) is 1. The lowest BCUT2D eigenvalue weighted by Gasteiger charge is -2.15. The van der Waals surface area contributed by atoms with Gasteiger partial charge in [-0.05, 0) is 36.4 Å². The number of benzene rings is 2. The second kappa shape index (κ2) is 7.52. The van der Waals surface area contributed by atoms with Crippen molar-refractivity contribution in [2.24, 2.45) is 12.0 Å². The molecular weight excluding hydrogens is 374 g/mol. The van der Waals surface area contributed by atoms with Crippen LogP contribution in [0.15, 0.2) is 94.2 Å². The number of hydrogen-bond donors (Lipinski definition) is 0. The topological polar surface area (TPSA) is 50.7 Å². The van der Waals surface area contributed by atoms with Crippen molar-refractivity contribution < 1.29 is 9.21 Å². The maximum absolute atomic E-state index is 13.3. The average Bonchev–Trinajstić information content (AvgIpc) is 3.46. The number of carbonyl (C=O) groups is 1. The fourth-order valence-corrected chi connectivity index (χ4v) is 3.89. The van der Waals surface area contributed by atoms with Crippen LogP contribution in [0.1, 0.15) is 17.7 Å². The van der Waals surface area contributed by atoms with Gasteiger partial charge in [0.1, 0.15) is 11.6 Å². The molecule has 1 aliphatic rings. The second-order valence-electron chi connectivity index (χ2n) is 7.39. The Morgan fingerprint density at radius 2 is 1.83 bits per heavy atom. The first kappa shape index (κ1) is 18.2. The first-order chi connectivity index (χ1) is 14.7. The summed E-state index contributed by atoms with van der Waals surface area (Å²) in [6.07, 6.45) is 6.16. The normalized spacial score (nSPS) is 17.0. The molecule has 5 rings (SSSR count). The van der Waals surface area contributed by atoms with Crippen LogP contribution in [-0.2, 0) is 18.4 Å². The number of fused-ring (bicyclic) bond motifs is 1. The van der Waals surface area contributed by atoms with E-state index in [1.165, 1.54) is 0 Å². The molecule has 1 fully saturated rings. The molecule has 0 atom stereocenters.